The van der Waals surface area contributed by atoms with Crippen molar-refractivity contribution in [2.45, 2.75) is 26.2 Å². The van der Waals surface area contributed by atoms with E-state index >= 15 is 0 Å². The Morgan fingerprint density at radius 3 is 2.77 bits per heavy atom. The molecule has 13 heavy (non-hydrogen) atoms. The lowest BCUT2D eigenvalue weighted by Gasteiger charge is -2.19. The molecule has 0 N–H and O–H groups in total. The predicted octanol–water partition coefficient (Wildman–Crippen LogP) is 1.35. The second kappa shape index (κ2) is 3.87. The minimum atomic E-state index is 0.661. The number of ether oxygens (including phenoxy) is 1. The molecule has 0 radical (unpaired) electrons. The maximum atomic E-state index is 5.28. The molecule has 4 nitrogen and oxygen atoms in total. The minimum absolute atomic E-state index is 0.661. The lowest BCUT2D eigenvalue weighted by molar-refractivity contribution is 0.0642. The summed E-state index contributed by atoms with van der Waals surface area (Å²) in [6.07, 6.45) is 3.13. The van der Waals surface area contributed by atoms with Crippen molar-refractivity contribution in [1.29, 1.82) is 0 Å². The van der Waals surface area contributed by atoms with Gasteiger partial charge in [-0.2, -0.15) is 4.98 Å². The number of aryl methyl sites for hydroxylation is 1. The summed E-state index contributed by atoms with van der Waals surface area (Å²) >= 11 is 0. The lowest BCUT2D eigenvalue weighted by Crippen LogP contribution is -2.17. The summed E-state index contributed by atoms with van der Waals surface area (Å²) in [4.78, 5) is 4.19. The third-order valence-corrected chi connectivity index (χ3v) is 2.37. The molecule has 1 aromatic heterocycles. The molecule has 1 fully saturated rings. The first-order valence-electron chi connectivity index (χ1n) is 4.71. The third kappa shape index (κ3) is 2.28. The zero-order chi connectivity index (χ0) is 9.10. The van der Waals surface area contributed by atoms with Crippen LogP contribution in [0.15, 0.2) is 4.52 Å². The van der Waals surface area contributed by atoms with Gasteiger partial charge in [0.15, 0.2) is 5.82 Å². The van der Waals surface area contributed by atoms with Crippen molar-refractivity contribution >= 4 is 0 Å². The molecule has 0 atom stereocenters. The van der Waals surface area contributed by atoms with E-state index in [9.17, 15) is 0 Å². The van der Waals surface area contributed by atoms with E-state index in [4.69, 9.17) is 9.26 Å². The maximum Gasteiger partial charge on any atom is 0.226 e. The number of aromatic nitrogens is 2. The molecule has 4 heteroatoms. The van der Waals surface area contributed by atoms with Crippen LogP contribution in [0.3, 0.4) is 0 Å². The van der Waals surface area contributed by atoms with E-state index in [1.165, 1.54) is 0 Å². The second-order valence-electron chi connectivity index (χ2n) is 3.50. The molecule has 0 bridgehead atoms. The van der Waals surface area contributed by atoms with Gasteiger partial charge in [0.1, 0.15) is 0 Å². The summed E-state index contributed by atoms with van der Waals surface area (Å²) in [6, 6.07) is 0. The maximum absolute atomic E-state index is 5.28. The topological polar surface area (TPSA) is 48.2 Å². The van der Waals surface area contributed by atoms with E-state index < -0.39 is 0 Å². The molecule has 0 saturated carbocycles. The van der Waals surface area contributed by atoms with E-state index in [-0.39, 0.29) is 0 Å². The van der Waals surface area contributed by atoms with Gasteiger partial charge in [0.2, 0.25) is 5.89 Å². The van der Waals surface area contributed by atoms with Crippen LogP contribution in [0, 0.1) is 12.8 Å². The molecule has 0 aliphatic carbocycles. The Labute approximate surface area is 77.3 Å². The van der Waals surface area contributed by atoms with Crippen LogP contribution < -0.4 is 0 Å². The molecule has 1 aromatic rings. The Morgan fingerprint density at radius 2 is 2.15 bits per heavy atom. The van der Waals surface area contributed by atoms with E-state index in [1.807, 2.05) is 6.92 Å². The Morgan fingerprint density at radius 1 is 1.38 bits per heavy atom. The number of hydrogen-bond donors (Lipinski definition) is 0. The normalized spacial score (nSPS) is 19.2. The van der Waals surface area contributed by atoms with Gasteiger partial charge in [-0.15, -0.1) is 0 Å². The summed E-state index contributed by atoms with van der Waals surface area (Å²) in [5, 5.41) is 3.76. The molecular formula is C9H14N2O2. The molecule has 0 unspecified atom stereocenters. The highest BCUT2D eigenvalue weighted by atomic mass is 16.5. The Bertz CT molecular complexity index is 266. The molecule has 2 heterocycles. The van der Waals surface area contributed by atoms with Gasteiger partial charge in [-0.25, -0.2) is 0 Å². The summed E-state index contributed by atoms with van der Waals surface area (Å²) in [7, 11) is 0. The first kappa shape index (κ1) is 8.69. The van der Waals surface area contributed by atoms with E-state index in [0.717, 1.165) is 44.2 Å². The highest BCUT2D eigenvalue weighted by Gasteiger charge is 2.16. The molecular weight excluding hydrogens is 168 g/mol. The van der Waals surface area contributed by atoms with Crippen LogP contribution in [0.5, 0.6) is 0 Å². The van der Waals surface area contributed by atoms with Gasteiger partial charge >= 0.3 is 0 Å². The minimum Gasteiger partial charge on any atom is -0.381 e. The standard InChI is InChI=1S/C9H14N2O2/c1-7-10-9(13-11-7)6-8-2-4-12-5-3-8/h8H,2-6H2,1H3. The van der Waals surface area contributed by atoms with Crippen molar-refractivity contribution in [3.63, 3.8) is 0 Å². The van der Waals surface area contributed by atoms with Gasteiger partial charge in [0, 0.05) is 19.6 Å². The van der Waals surface area contributed by atoms with Crippen molar-refractivity contribution in [3.05, 3.63) is 11.7 Å². The molecule has 1 saturated heterocycles. The van der Waals surface area contributed by atoms with Crippen LogP contribution in [-0.4, -0.2) is 23.4 Å². The van der Waals surface area contributed by atoms with Gasteiger partial charge in [0.25, 0.3) is 0 Å². The van der Waals surface area contributed by atoms with E-state index in [0.29, 0.717) is 5.92 Å². The number of hydrogen-bond acceptors (Lipinski definition) is 4. The van der Waals surface area contributed by atoms with Crippen molar-refractivity contribution in [3.8, 4) is 0 Å². The van der Waals surface area contributed by atoms with Crippen molar-refractivity contribution in [2.75, 3.05) is 13.2 Å². The zero-order valence-electron chi connectivity index (χ0n) is 7.82. The Kier molecular flexibility index (Phi) is 2.59. The first-order chi connectivity index (χ1) is 6.34. The summed E-state index contributed by atoms with van der Waals surface area (Å²) < 4.78 is 10.3. The number of nitrogens with zero attached hydrogens (tertiary/aromatic N) is 2. The van der Waals surface area contributed by atoms with Crippen molar-refractivity contribution < 1.29 is 9.26 Å². The Hall–Kier alpha value is -0.900. The quantitative estimate of drug-likeness (QED) is 0.692. The highest BCUT2D eigenvalue weighted by molar-refractivity contribution is 4.85. The second-order valence-corrected chi connectivity index (χ2v) is 3.50. The average molecular weight is 182 g/mol. The fourth-order valence-corrected chi connectivity index (χ4v) is 1.62. The van der Waals surface area contributed by atoms with Gasteiger partial charge in [-0.1, -0.05) is 5.16 Å². The monoisotopic (exact) mass is 182 g/mol. The molecule has 0 amide bonds. The van der Waals surface area contributed by atoms with Gasteiger partial charge in [0.05, 0.1) is 0 Å². The fraction of sp³-hybridized carbons (Fsp3) is 0.778. The van der Waals surface area contributed by atoms with Crippen LogP contribution in [-0.2, 0) is 11.2 Å². The van der Waals surface area contributed by atoms with Gasteiger partial charge in [-0.05, 0) is 25.7 Å². The Balaban J connectivity index is 1.89. The molecule has 0 spiro atoms. The van der Waals surface area contributed by atoms with Crippen molar-refractivity contribution in [1.82, 2.24) is 10.1 Å². The van der Waals surface area contributed by atoms with Crippen LogP contribution in [0.25, 0.3) is 0 Å². The van der Waals surface area contributed by atoms with Crippen LogP contribution in [0.4, 0.5) is 0 Å². The third-order valence-electron chi connectivity index (χ3n) is 2.37. The molecule has 1 aliphatic heterocycles. The van der Waals surface area contributed by atoms with Crippen LogP contribution in [0.1, 0.15) is 24.6 Å². The molecule has 2 rings (SSSR count). The molecule has 72 valence electrons. The number of rotatable bonds is 2. The summed E-state index contributed by atoms with van der Waals surface area (Å²) in [6.45, 7) is 3.59. The summed E-state index contributed by atoms with van der Waals surface area (Å²) in [5.41, 5.74) is 0. The smallest absolute Gasteiger partial charge is 0.226 e. The SMILES string of the molecule is Cc1noc(CC2CCOCC2)n1. The molecule has 0 aromatic carbocycles. The van der Waals surface area contributed by atoms with Crippen LogP contribution >= 0.6 is 0 Å². The molecule has 1 aliphatic rings. The predicted molar refractivity (Wildman–Crippen MR) is 46.3 cm³/mol. The van der Waals surface area contributed by atoms with E-state index in [2.05, 4.69) is 10.1 Å². The van der Waals surface area contributed by atoms with E-state index in [1.54, 1.807) is 0 Å². The zero-order valence-corrected chi connectivity index (χ0v) is 7.82. The fourth-order valence-electron chi connectivity index (χ4n) is 1.62. The average Bonchev–Trinajstić information content (AvgIpc) is 2.53. The largest absolute Gasteiger partial charge is 0.381 e. The highest BCUT2D eigenvalue weighted by Crippen LogP contribution is 2.18. The summed E-state index contributed by atoms with van der Waals surface area (Å²) in [5.74, 6) is 2.15. The van der Waals surface area contributed by atoms with Crippen LogP contribution in [0.2, 0.25) is 0 Å². The van der Waals surface area contributed by atoms with Crippen molar-refractivity contribution in [2.24, 2.45) is 5.92 Å². The lowest BCUT2D eigenvalue weighted by atomic mass is 9.97. The van der Waals surface area contributed by atoms with Gasteiger partial charge < -0.3 is 9.26 Å². The first-order valence-corrected chi connectivity index (χ1v) is 4.71. The van der Waals surface area contributed by atoms with Gasteiger partial charge in [-0.3, -0.25) is 0 Å².